The Morgan fingerprint density at radius 1 is 1.19 bits per heavy atom. The first kappa shape index (κ1) is 16.4. The molecule has 134 valence electrons. The zero-order valence-electron chi connectivity index (χ0n) is 14.1. The van der Waals surface area contributed by atoms with E-state index in [-0.39, 0.29) is 25.7 Å². The number of carbonyl (C=O) groups is 1. The van der Waals surface area contributed by atoms with E-state index in [4.69, 9.17) is 14.6 Å². The number of aliphatic hydroxyl groups is 1. The van der Waals surface area contributed by atoms with Gasteiger partial charge in [0.15, 0.2) is 17.3 Å². The predicted octanol–water partition coefficient (Wildman–Crippen LogP) is 2.44. The number of nitrogens with one attached hydrogen (secondary N) is 1. The fraction of sp³-hybridized carbons (Fsp3) is 0.263. The molecule has 3 aromatic rings. The van der Waals surface area contributed by atoms with Crippen molar-refractivity contribution in [2.45, 2.75) is 13.0 Å². The van der Waals surface area contributed by atoms with Crippen molar-refractivity contribution in [3.05, 3.63) is 48.0 Å². The summed E-state index contributed by atoms with van der Waals surface area (Å²) in [4.78, 5) is 17.4. The van der Waals surface area contributed by atoms with Crippen molar-refractivity contribution >= 4 is 22.8 Å². The highest BCUT2D eigenvalue weighted by molar-refractivity contribution is 5.97. The number of ether oxygens (including phenoxy) is 2. The summed E-state index contributed by atoms with van der Waals surface area (Å²) in [6.45, 7) is 1.01. The standard InChI is InChI=1S/C19H19N3O4/c23-9-3-8-20-19-21-14-4-1-2-5-15(14)22(19)11-16(24)13-6-7-17-18(10-13)26-12-25-17/h1-2,4-7,10,23H,3,8-9,11-12H2,(H,20,21). The number of rotatable bonds is 7. The van der Waals surface area contributed by atoms with Crippen LogP contribution < -0.4 is 14.8 Å². The highest BCUT2D eigenvalue weighted by atomic mass is 16.7. The van der Waals surface area contributed by atoms with Crippen LogP contribution >= 0.6 is 0 Å². The number of imidazole rings is 1. The number of hydrogen-bond acceptors (Lipinski definition) is 6. The second-order valence-electron chi connectivity index (χ2n) is 6.01. The summed E-state index contributed by atoms with van der Waals surface area (Å²) in [6.07, 6.45) is 0.610. The van der Waals surface area contributed by atoms with Gasteiger partial charge in [-0.25, -0.2) is 4.98 Å². The number of aromatic nitrogens is 2. The molecule has 0 bridgehead atoms. The Bertz CT molecular complexity index is 951. The Hall–Kier alpha value is -3.06. The van der Waals surface area contributed by atoms with Crippen LogP contribution in [0.15, 0.2) is 42.5 Å². The first-order valence-electron chi connectivity index (χ1n) is 8.49. The number of benzene rings is 2. The number of para-hydroxylation sites is 2. The highest BCUT2D eigenvalue weighted by Crippen LogP contribution is 2.33. The van der Waals surface area contributed by atoms with Gasteiger partial charge in [-0.05, 0) is 36.8 Å². The maximum absolute atomic E-state index is 12.8. The van der Waals surface area contributed by atoms with E-state index in [0.29, 0.717) is 36.0 Å². The number of fused-ring (bicyclic) bond motifs is 2. The predicted molar refractivity (Wildman–Crippen MR) is 96.8 cm³/mol. The lowest BCUT2D eigenvalue weighted by molar-refractivity contribution is 0.0973. The minimum Gasteiger partial charge on any atom is -0.454 e. The fourth-order valence-corrected chi connectivity index (χ4v) is 2.95. The average Bonchev–Trinajstić information content (AvgIpc) is 3.26. The SMILES string of the molecule is O=C(Cn1c(NCCCO)nc2ccccc21)c1ccc2c(c1)OCO2. The molecule has 7 nitrogen and oxygen atoms in total. The summed E-state index contributed by atoms with van der Waals surface area (Å²) in [5.74, 6) is 1.82. The molecular weight excluding hydrogens is 334 g/mol. The minimum absolute atomic E-state index is 0.0448. The van der Waals surface area contributed by atoms with Gasteiger partial charge >= 0.3 is 0 Å². The third-order valence-corrected chi connectivity index (χ3v) is 4.27. The zero-order chi connectivity index (χ0) is 17.9. The van der Waals surface area contributed by atoms with Crippen molar-refractivity contribution in [1.82, 2.24) is 9.55 Å². The molecule has 0 saturated heterocycles. The van der Waals surface area contributed by atoms with Gasteiger partial charge < -0.3 is 24.5 Å². The van der Waals surface area contributed by atoms with Crippen LogP contribution in [-0.4, -0.2) is 40.4 Å². The lowest BCUT2D eigenvalue weighted by Gasteiger charge is -2.10. The summed E-state index contributed by atoms with van der Waals surface area (Å²) in [7, 11) is 0. The van der Waals surface area contributed by atoms with Crippen LogP contribution in [0.3, 0.4) is 0 Å². The highest BCUT2D eigenvalue weighted by Gasteiger charge is 2.18. The van der Waals surface area contributed by atoms with Crippen LogP contribution in [0.5, 0.6) is 11.5 Å². The summed E-state index contributed by atoms with van der Waals surface area (Å²) in [6, 6.07) is 12.9. The van der Waals surface area contributed by atoms with Gasteiger partial charge in [-0.15, -0.1) is 0 Å². The van der Waals surface area contributed by atoms with Crippen molar-refractivity contribution in [3.8, 4) is 11.5 Å². The Labute approximate surface area is 150 Å². The first-order valence-corrected chi connectivity index (χ1v) is 8.49. The Balaban J connectivity index is 1.62. The van der Waals surface area contributed by atoms with Crippen LogP contribution in [0.25, 0.3) is 11.0 Å². The molecule has 2 heterocycles. The maximum atomic E-state index is 12.8. The fourth-order valence-electron chi connectivity index (χ4n) is 2.95. The van der Waals surface area contributed by atoms with Gasteiger partial charge in [-0.3, -0.25) is 4.79 Å². The molecular formula is C19H19N3O4. The Kier molecular flexibility index (Phi) is 4.45. The smallest absolute Gasteiger partial charge is 0.231 e. The number of aliphatic hydroxyl groups excluding tert-OH is 1. The van der Waals surface area contributed by atoms with Crippen LogP contribution in [0.2, 0.25) is 0 Å². The third-order valence-electron chi connectivity index (χ3n) is 4.27. The van der Waals surface area contributed by atoms with Gasteiger partial charge in [0.05, 0.1) is 17.6 Å². The van der Waals surface area contributed by atoms with Crippen LogP contribution in [0.1, 0.15) is 16.8 Å². The van der Waals surface area contributed by atoms with Crippen molar-refractivity contribution in [2.24, 2.45) is 0 Å². The van der Waals surface area contributed by atoms with Gasteiger partial charge in [0.1, 0.15) is 0 Å². The van der Waals surface area contributed by atoms with Gasteiger partial charge in [-0.2, -0.15) is 0 Å². The normalized spacial score (nSPS) is 12.5. The monoisotopic (exact) mass is 353 g/mol. The second-order valence-corrected chi connectivity index (χ2v) is 6.01. The lowest BCUT2D eigenvalue weighted by Crippen LogP contribution is -2.15. The molecule has 0 spiro atoms. The molecule has 1 aromatic heterocycles. The molecule has 0 fully saturated rings. The molecule has 1 aliphatic heterocycles. The Morgan fingerprint density at radius 3 is 2.92 bits per heavy atom. The van der Waals surface area contributed by atoms with Crippen LogP contribution in [0.4, 0.5) is 5.95 Å². The van der Waals surface area contributed by atoms with E-state index in [9.17, 15) is 4.79 Å². The van der Waals surface area contributed by atoms with Gasteiger partial charge in [0, 0.05) is 18.7 Å². The van der Waals surface area contributed by atoms with Gasteiger partial charge in [0.25, 0.3) is 0 Å². The van der Waals surface area contributed by atoms with E-state index < -0.39 is 0 Å². The zero-order valence-corrected chi connectivity index (χ0v) is 14.1. The quantitative estimate of drug-likeness (QED) is 0.501. The number of ketones is 1. The van der Waals surface area contributed by atoms with E-state index >= 15 is 0 Å². The summed E-state index contributed by atoms with van der Waals surface area (Å²) >= 11 is 0. The van der Waals surface area contributed by atoms with E-state index in [1.165, 1.54) is 0 Å². The topological polar surface area (TPSA) is 85.6 Å². The number of nitrogens with zero attached hydrogens (tertiary/aromatic N) is 2. The number of Topliss-reactive ketones (excluding diaryl/α,β-unsaturated/α-hetero) is 1. The van der Waals surface area contributed by atoms with Crippen molar-refractivity contribution in [2.75, 3.05) is 25.3 Å². The average molecular weight is 353 g/mol. The maximum Gasteiger partial charge on any atom is 0.231 e. The summed E-state index contributed by atoms with van der Waals surface area (Å²) in [5.41, 5.74) is 2.26. The molecule has 1 aliphatic rings. The van der Waals surface area contributed by atoms with E-state index in [2.05, 4.69) is 10.3 Å². The van der Waals surface area contributed by atoms with Crippen molar-refractivity contribution < 1.29 is 19.4 Å². The molecule has 0 radical (unpaired) electrons. The molecule has 0 unspecified atom stereocenters. The molecule has 4 rings (SSSR count). The first-order chi connectivity index (χ1) is 12.8. The number of carbonyl (C=O) groups excluding carboxylic acids is 1. The third kappa shape index (κ3) is 3.09. The largest absolute Gasteiger partial charge is 0.454 e. The molecule has 2 aromatic carbocycles. The minimum atomic E-state index is -0.0448. The van der Waals surface area contributed by atoms with Crippen molar-refractivity contribution in [1.29, 1.82) is 0 Å². The molecule has 7 heteroatoms. The Morgan fingerprint density at radius 2 is 2.04 bits per heavy atom. The van der Waals surface area contributed by atoms with Gasteiger partial charge in [0.2, 0.25) is 12.7 Å². The second kappa shape index (κ2) is 7.05. The molecule has 2 N–H and O–H groups in total. The molecule has 0 amide bonds. The summed E-state index contributed by atoms with van der Waals surface area (Å²) < 4.78 is 12.5. The number of anilines is 1. The summed E-state index contributed by atoms with van der Waals surface area (Å²) in [5, 5.41) is 12.2. The number of hydrogen-bond donors (Lipinski definition) is 2. The molecule has 26 heavy (non-hydrogen) atoms. The lowest BCUT2D eigenvalue weighted by atomic mass is 10.1. The van der Waals surface area contributed by atoms with Crippen LogP contribution in [0, 0.1) is 0 Å². The van der Waals surface area contributed by atoms with E-state index in [0.717, 1.165) is 11.0 Å². The van der Waals surface area contributed by atoms with E-state index in [1.807, 2.05) is 28.8 Å². The van der Waals surface area contributed by atoms with Crippen LogP contribution in [-0.2, 0) is 6.54 Å². The van der Waals surface area contributed by atoms with Crippen molar-refractivity contribution in [3.63, 3.8) is 0 Å². The van der Waals surface area contributed by atoms with E-state index in [1.54, 1.807) is 18.2 Å². The molecule has 0 aliphatic carbocycles. The van der Waals surface area contributed by atoms with Gasteiger partial charge in [-0.1, -0.05) is 12.1 Å². The molecule has 0 saturated carbocycles. The molecule has 0 atom stereocenters.